The van der Waals surface area contributed by atoms with Gasteiger partial charge in [0.2, 0.25) is 10.0 Å². The molecule has 0 saturated carbocycles. The SMILES string of the molecule is COc1ccc(C(C)NC(=O)c2ccc(S(=O)(=O)N3CCCC3)cc2)cc1. The van der Waals surface area contributed by atoms with Crippen LogP contribution >= 0.6 is 0 Å². The van der Waals surface area contributed by atoms with Crippen LogP contribution in [0, 0.1) is 0 Å². The van der Waals surface area contributed by atoms with Gasteiger partial charge in [-0.2, -0.15) is 4.31 Å². The molecule has 1 saturated heterocycles. The summed E-state index contributed by atoms with van der Waals surface area (Å²) in [7, 11) is -1.86. The Kier molecular flexibility index (Phi) is 5.82. The molecule has 0 spiro atoms. The number of methoxy groups -OCH3 is 1. The first-order chi connectivity index (χ1) is 12.9. The molecular formula is C20H24N2O4S. The first-order valence-corrected chi connectivity index (χ1v) is 10.4. The first-order valence-electron chi connectivity index (χ1n) is 8.97. The Bertz CT molecular complexity index is 887. The van der Waals surface area contributed by atoms with Gasteiger partial charge in [-0.15, -0.1) is 0 Å². The quantitative estimate of drug-likeness (QED) is 0.825. The van der Waals surface area contributed by atoms with Gasteiger partial charge in [0.25, 0.3) is 5.91 Å². The lowest BCUT2D eigenvalue weighted by Crippen LogP contribution is -2.28. The van der Waals surface area contributed by atoms with Crippen molar-refractivity contribution in [1.82, 2.24) is 9.62 Å². The average molecular weight is 388 g/mol. The van der Waals surface area contributed by atoms with Crippen molar-refractivity contribution in [2.75, 3.05) is 20.2 Å². The molecule has 7 heteroatoms. The summed E-state index contributed by atoms with van der Waals surface area (Å²) in [5.41, 5.74) is 1.38. The van der Waals surface area contributed by atoms with Crippen LogP contribution in [0.5, 0.6) is 5.75 Å². The average Bonchev–Trinajstić information content (AvgIpc) is 3.24. The van der Waals surface area contributed by atoms with Crippen LogP contribution in [-0.4, -0.2) is 38.8 Å². The van der Waals surface area contributed by atoms with E-state index in [4.69, 9.17) is 4.74 Å². The number of amides is 1. The molecular weight excluding hydrogens is 364 g/mol. The Morgan fingerprint density at radius 2 is 1.63 bits per heavy atom. The summed E-state index contributed by atoms with van der Waals surface area (Å²) in [4.78, 5) is 12.7. The highest BCUT2D eigenvalue weighted by molar-refractivity contribution is 7.89. The fraction of sp³-hybridized carbons (Fsp3) is 0.350. The first kappa shape index (κ1) is 19.4. The minimum absolute atomic E-state index is 0.184. The maximum Gasteiger partial charge on any atom is 0.251 e. The van der Waals surface area contributed by atoms with Crippen molar-refractivity contribution in [3.05, 3.63) is 59.7 Å². The van der Waals surface area contributed by atoms with Gasteiger partial charge in [0.05, 0.1) is 18.0 Å². The number of carbonyl (C=O) groups is 1. The number of rotatable bonds is 6. The molecule has 1 fully saturated rings. The van der Waals surface area contributed by atoms with Crippen LogP contribution in [0.15, 0.2) is 53.4 Å². The van der Waals surface area contributed by atoms with Gasteiger partial charge in [-0.25, -0.2) is 8.42 Å². The predicted molar refractivity (Wildman–Crippen MR) is 103 cm³/mol. The number of ether oxygens (including phenoxy) is 1. The van der Waals surface area contributed by atoms with E-state index in [-0.39, 0.29) is 16.8 Å². The van der Waals surface area contributed by atoms with Gasteiger partial charge in [0.1, 0.15) is 5.75 Å². The van der Waals surface area contributed by atoms with Gasteiger partial charge in [0.15, 0.2) is 0 Å². The second kappa shape index (κ2) is 8.10. The third-order valence-electron chi connectivity index (χ3n) is 4.78. The van der Waals surface area contributed by atoms with Crippen LogP contribution in [-0.2, 0) is 10.0 Å². The van der Waals surface area contributed by atoms with Gasteiger partial charge in [-0.3, -0.25) is 4.79 Å². The van der Waals surface area contributed by atoms with Crippen LogP contribution in [0.3, 0.4) is 0 Å². The maximum atomic E-state index is 12.5. The third kappa shape index (κ3) is 4.31. The molecule has 1 heterocycles. The highest BCUT2D eigenvalue weighted by atomic mass is 32.2. The second-order valence-electron chi connectivity index (χ2n) is 6.60. The summed E-state index contributed by atoms with van der Waals surface area (Å²) in [5, 5.41) is 2.92. The molecule has 1 atom stereocenters. The molecule has 0 aromatic heterocycles. The minimum Gasteiger partial charge on any atom is -0.497 e. The molecule has 6 nitrogen and oxygen atoms in total. The van der Waals surface area contributed by atoms with Crippen LogP contribution in [0.2, 0.25) is 0 Å². The Morgan fingerprint density at radius 3 is 2.19 bits per heavy atom. The van der Waals surface area contributed by atoms with Crippen molar-refractivity contribution in [3.8, 4) is 5.75 Å². The zero-order valence-corrected chi connectivity index (χ0v) is 16.3. The molecule has 0 bridgehead atoms. The molecule has 1 aliphatic heterocycles. The van der Waals surface area contributed by atoms with Crippen molar-refractivity contribution in [1.29, 1.82) is 0 Å². The van der Waals surface area contributed by atoms with E-state index < -0.39 is 10.0 Å². The lowest BCUT2D eigenvalue weighted by molar-refractivity contribution is 0.0940. The molecule has 1 aliphatic rings. The van der Waals surface area contributed by atoms with Gasteiger partial charge < -0.3 is 10.1 Å². The monoisotopic (exact) mass is 388 g/mol. The van der Waals surface area contributed by atoms with E-state index in [1.54, 1.807) is 19.2 Å². The van der Waals surface area contributed by atoms with Gasteiger partial charge in [0, 0.05) is 18.7 Å². The Labute approximate surface area is 160 Å². The summed E-state index contributed by atoms with van der Waals surface area (Å²) < 4.78 is 31.7. The Balaban J connectivity index is 1.68. The molecule has 0 aliphatic carbocycles. The lowest BCUT2D eigenvalue weighted by atomic mass is 10.1. The molecule has 144 valence electrons. The van der Waals surface area contributed by atoms with E-state index in [1.165, 1.54) is 16.4 Å². The van der Waals surface area contributed by atoms with E-state index in [2.05, 4.69) is 5.32 Å². The molecule has 1 unspecified atom stereocenters. The number of sulfonamides is 1. The van der Waals surface area contributed by atoms with Crippen LogP contribution in [0.1, 0.15) is 41.7 Å². The van der Waals surface area contributed by atoms with Gasteiger partial charge >= 0.3 is 0 Å². The van der Waals surface area contributed by atoms with Crippen LogP contribution in [0.4, 0.5) is 0 Å². The van der Waals surface area contributed by atoms with E-state index in [9.17, 15) is 13.2 Å². The fourth-order valence-electron chi connectivity index (χ4n) is 3.11. The summed E-state index contributed by atoms with van der Waals surface area (Å²) in [6, 6.07) is 13.4. The molecule has 3 rings (SSSR count). The van der Waals surface area contributed by atoms with E-state index in [0.717, 1.165) is 24.2 Å². The third-order valence-corrected chi connectivity index (χ3v) is 6.70. The van der Waals surface area contributed by atoms with E-state index >= 15 is 0 Å². The minimum atomic E-state index is -3.46. The van der Waals surface area contributed by atoms with Crippen molar-refractivity contribution < 1.29 is 17.9 Å². The molecule has 27 heavy (non-hydrogen) atoms. The van der Waals surface area contributed by atoms with Crippen molar-refractivity contribution >= 4 is 15.9 Å². The summed E-state index contributed by atoms with van der Waals surface area (Å²) in [6.45, 7) is 3.01. The van der Waals surface area contributed by atoms with E-state index in [0.29, 0.717) is 18.7 Å². The van der Waals surface area contributed by atoms with Crippen LogP contribution < -0.4 is 10.1 Å². The number of benzene rings is 2. The fourth-order valence-corrected chi connectivity index (χ4v) is 4.63. The normalized spacial score (nSPS) is 16.1. The van der Waals surface area contributed by atoms with E-state index in [1.807, 2.05) is 31.2 Å². The molecule has 1 amide bonds. The smallest absolute Gasteiger partial charge is 0.251 e. The summed E-state index contributed by atoms with van der Waals surface area (Å²) >= 11 is 0. The van der Waals surface area contributed by atoms with Crippen LogP contribution in [0.25, 0.3) is 0 Å². The second-order valence-corrected chi connectivity index (χ2v) is 8.54. The highest BCUT2D eigenvalue weighted by Gasteiger charge is 2.27. The zero-order valence-electron chi connectivity index (χ0n) is 15.5. The Morgan fingerprint density at radius 1 is 1.04 bits per heavy atom. The number of carbonyl (C=O) groups excluding carboxylic acids is 1. The maximum absolute atomic E-state index is 12.5. The lowest BCUT2D eigenvalue weighted by Gasteiger charge is -2.17. The molecule has 1 N–H and O–H groups in total. The summed E-state index contributed by atoms with van der Waals surface area (Å²) in [5.74, 6) is 0.510. The van der Waals surface area contributed by atoms with Gasteiger partial charge in [-0.1, -0.05) is 12.1 Å². The number of nitrogens with zero attached hydrogens (tertiary/aromatic N) is 1. The zero-order chi connectivity index (χ0) is 19.4. The number of hydrogen-bond donors (Lipinski definition) is 1. The number of hydrogen-bond acceptors (Lipinski definition) is 4. The number of nitrogens with one attached hydrogen (secondary N) is 1. The van der Waals surface area contributed by atoms with Crippen molar-refractivity contribution in [2.45, 2.75) is 30.7 Å². The Hall–Kier alpha value is -2.38. The highest BCUT2D eigenvalue weighted by Crippen LogP contribution is 2.22. The van der Waals surface area contributed by atoms with Gasteiger partial charge in [-0.05, 0) is 61.7 Å². The standard InChI is InChI=1S/C20H24N2O4S/c1-15(16-5-9-18(26-2)10-6-16)21-20(23)17-7-11-19(12-8-17)27(24,25)22-13-3-4-14-22/h5-12,15H,3-4,13-14H2,1-2H3,(H,21,23). The molecule has 0 radical (unpaired) electrons. The van der Waals surface area contributed by atoms with Crippen molar-refractivity contribution in [3.63, 3.8) is 0 Å². The summed E-state index contributed by atoms with van der Waals surface area (Å²) in [6.07, 6.45) is 1.78. The largest absolute Gasteiger partial charge is 0.497 e. The van der Waals surface area contributed by atoms with Crippen molar-refractivity contribution in [2.24, 2.45) is 0 Å². The topological polar surface area (TPSA) is 75.7 Å². The predicted octanol–water partition coefficient (Wildman–Crippen LogP) is 2.97. The molecule has 2 aromatic carbocycles. The molecule has 2 aromatic rings.